The Balaban J connectivity index is 2.40. The van der Waals surface area contributed by atoms with Crippen LogP contribution in [0.15, 0.2) is 18.2 Å². The van der Waals surface area contributed by atoms with Crippen LogP contribution in [0, 0.1) is 5.92 Å². The molecule has 0 radical (unpaired) electrons. The molecular weight excluding hydrogens is 176 g/mol. The van der Waals surface area contributed by atoms with E-state index in [9.17, 15) is 4.79 Å². The molecule has 0 saturated carbocycles. The van der Waals surface area contributed by atoms with Crippen LogP contribution in [0.2, 0.25) is 0 Å². The molecule has 1 atom stereocenters. The maximum Gasteiger partial charge on any atom is 0.166 e. The number of methoxy groups -OCH3 is 1. The molecule has 2 rings (SSSR count). The smallest absolute Gasteiger partial charge is 0.166 e. The van der Waals surface area contributed by atoms with Crippen LogP contribution in [0.1, 0.15) is 29.3 Å². The highest BCUT2D eigenvalue weighted by Crippen LogP contribution is 2.31. The van der Waals surface area contributed by atoms with Crippen molar-refractivity contribution < 1.29 is 9.53 Å². The van der Waals surface area contributed by atoms with Gasteiger partial charge in [-0.25, -0.2) is 0 Å². The molecule has 74 valence electrons. The first kappa shape index (κ1) is 9.25. The Morgan fingerprint density at radius 1 is 1.50 bits per heavy atom. The van der Waals surface area contributed by atoms with E-state index < -0.39 is 0 Å². The lowest BCUT2D eigenvalue weighted by Gasteiger charge is -2.01. The molecule has 0 amide bonds. The second-order valence-corrected chi connectivity index (χ2v) is 3.70. The molecule has 0 N–H and O–H groups in total. The standard InChI is InChI=1S/C12H14O2/c1-3-8-6-9-4-5-10(14-2)7-11(9)12(8)13/h4-5,7-8H,3,6H2,1-2H3/t8-/m0/s1. The molecule has 2 heteroatoms. The third-order valence-electron chi connectivity index (χ3n) is 2.91. The molecule has 0 fully saturated rings. The van der Waals surface area contributed by atoms with Gasteiger partial charge >= 0.3 is 0 Å². The molecular formula is C12H14O2. The Kier molecular flexibility index (Phi) is 2.28. The van der Waals surface area contributed by atoms with Crippen molar-refractivity contribution in [1.29, 1.82) is 0 Å². The van der Waals surface area contributed by atoms with Gasteiger partial charge in [-0.15, -0.1) is 0 Å². The van der Waals surface area contributed by atoms with Crippen molar-refractivity contribution in [2.24, 2.45) is 5.92 Å². The van der Waals surface area contributed by atoms with Gasteiger partial charge in [0.1, 0.15) is 5.75 Å². The fourth-order valence-corrected chi connectivity index (χ4v) is 2.00. The minimum atomic E-state index is 0.192. The first-order chi connectivity index (χ1) is 6.76. The lowest BCUT2D eigenvalue weighted by atomic mass is 10.0. The summed E-state index contributed by atoms with van der Waals surface area (Å²) in [5, 5.41) is 0. The number of hydrogen-bond donors (Lipinski definition) is 0. The van der Waals surface area contributed by atoms with Crippen molar-refractivity contribution in [2.75, 3.05) is 7.11 Å². The van der Waals surface area contributed by atoms with E-state index >= 15 is 0 Å². The van der Waals surface area contributed by atoms with E-state index in [-0.39, 0.29) is 11.7 Å². The van der Waals surface area contributed by atoms with Crippen molar-refractivity contribution in [3.8, 4) is 5.75 Å². The topological polar surface area (TPSA) is 26.3 Å². The predicted octanol–water partition coefficient (Wildman–Crippen LogP) is 2.46. The van der Waals surface area contributed by atoms with Gasteiger partial charge in [-0.05, 0) is 30.5 Å². The first-order valence-electron chi connectivity index (χ1n) is 4.97. The fourth-order valence-electron chi connectivity index (χ4n) is 2.00. The van der Waals surface area contributed by atoms with Gasteiger partial charge in [0.2, 0.25) is 0 Å². The Morgan fingerprint density at radius 3 is 2.93 bits per heavy atom. The Morgan fingerprint density at radius 2 is 2.29 bits per heavy atom. The zero-order valence-electron chi connectivity index (χ0n) is 8.54. The van der Waals surface area contributed by atoms with E-state index in [1.807, 2.05) is 18.2 Å². The number of benzene rings is 1. The molecule has 1 aromatic rings. The van der Waals surface area contributed by atoms with Crippen LogP contribution >= 0.6 is 0 Å². The summed E-state index contributed by atoms with van der Waals surface area (Å²) >= 11 is 0. The molecule has 0 unspecified atom stereocenters. The monoisotopic (exact) mass is 190 g/mol. The van der Waals surface area contributed by atoms with E-state index in [0.29, 0.717) is 0 Å². The molecule has 0 saturated heterocycles. The molecule has 0 bridgehead atoms. The molecule has 1 aliphatic carbocycles. The summed E-state index contributed by atoms with van der Waals surface area (Å²) in [4.78, 5) is 11.8. The van der Waals surface area contributed by atoms with Gasteiger partial charge < -0.3 is 4.74 Å². The SMILES string of the molecule is CC[C@H]1Cc2ccc(OC)cc2C1=O. The molecule has 0 aliphatic heterocycles. The maximum absolute atomic E-state index is 11.8. The molecule has 1 aromatic carbocycles. The maximum atomic E-state index is 11.8. The van der Waals surface area contributed by atoms with Crippen molar-refractivity contribution in [2.45, 2.75) is 19.8 Å². The summed E-state index contributed by atoms with van der Waals surface area (Å²) in [7, 11) is 1.62. The van der Waals surface area contributed by atoms with Crippen LogP contribution in [0.25, 0.3) is 0 Å². The third-order valence-corrected chi connectivity index (χ3v) is 2.91. The number of carbonyl (C=O) groups excluding carboxylic acids is 1. The molecule has 1 aliphatic rings. The number of ether oxygens (including phenoxy) is 1. The summed E-state index contributed by atoms with van der Waals surface area (Å²) in [5.41, 5.74) is 2.03. The van der Waals surface area contributed by atoms with Gasteiger partial charge in [-0.2, -0.15) is 0 Å². The number of ketones is 1. The molecule has 0 spiro atoms. The van der Waals surface area contributed by atoms with Crippen LogP contribution in [0.4, 0.5) is 0 Å². The highest BCUT2D eigenvalue weighted by atomic mass is 16.5. The zero-order valence-corrected chi connectivity index (χ0v) is 8.54. The second-order valence-electron chi connectivity index (χ2n) is 3.70. The summed E-state index contributed by atoms with van der Waals surface area (Å²) in [6.07, 6.45) is 1.82. The van der Waals surface area contributed by atoms with E-state index in [4.69, 9.17) is 4.74 Å². The average Bonchev–Trinajstić information content (AvgIpc) is 2.55. The van der Waals surface area contributed by atoms with E-state index in [0.717, 1.165) is 24.2 Å². The summed E-state index contributed by atoms with van der Waals surface area (Å²) in [5.74, 6) is 1.24. The van der Waals surface area contributed by atoms with Crippen LogP contribution in [-0.4, -0.2) is 12.9 Å². The largest absolute Gasteiger partial charge is 0.497 e. The summed E-state index contributed by atoms with van der Waals surface area (Å²) in [6.45, 7) is 2.06. The highest BCUT2D eigenvalue weighted by molar-refractivity contribution is 6.02. The minimum Gasteiger partial charge on any atom is -0.497 e. The van der Waals surface area contributed by atoms with Crippen molar-refractivity contribution >= 4 is 5.78 Å². The zero-order chi connectivity index (χ0) is 10.1. The molecule has 0 aromatic heterocycles. The van der Waals surface area contributed by atoms with Gasteiger partial charge in [0.05, 0.1) is 7.11 Å². The van der Waals surface area contributed by atoms with Gasteiger partial charge in [0, 0.05) is 11.5 Å². The van der Waals surface area contributed by atoms with Gasteiger partial charge in [0.15, 0.2) is 5.78 Å². The third kappa shape index (κ3) is 1.31. The van der Waals surface area contributed by atoms with Crippen molar-refractivity contribution in [1.82, 2.24) is 0 Å². The van der Waals surface area contributed by atoms with Crippen molar-refractivity contribution in [3.63, 3.8) is 0 Å². The Labute approximate surface area is 83.9 Å². The van der Waals surface area contributed by atoms with Crippen LogP contribution in [0.5, 0.6) is 5.75 Å². The molecule has 0 heterocycles. The number of rotatable bonds is 2. The Bertz CT molecular complexity index is 369. The minimum absolute atomic E-state index is 0.192. The van der Waals surface area contributed by atoms with Crippen LogP contribution < -0.4 is 4.74 Å². The average molecular weight is 190 g/mol. The summed E-state index contributed by atoms with van der Waals surface area (Å²) < 4.78 is 5.10. The number of hydrogen-bond acceptors (Lipinski definition) is 2. The van der Waals surface area contributed by atoms with E-state index in [1.54, 1.807) is 7.11 Å². The highest BCUT2D eigenvalue weighted by Gasteiger charge is 2.29. The van der Waals surface area contributed by atoms with E-state index in [1.165, 1.54) is 5.56 Å². The van der Waals surface area contributed by atoms with Crippen LogP contribution in [-0.2, 0) is 6.42 Å². The summed E-state index contributed by atoms with van der Waals surface area (Å²) in [6, 6.07) is 5.78. The lowest BCUT2D eigenvalue weighted by molar-refractivity contribution is 0.0934. The predicted molar refractivity (Wildman–Crippen MR) is 54.8 cm³/mol. The van der Waals surface area contributed by atoms with Crippen molar-refractivity contribution in [3.05, 3.63) is 29.3 Å². The van der Waals surface area contributed by atoms with E-state index in [2.05, 4.69) is 6.92 Å². The van der Waals surface area contributed by atoms with Crippen LogP contribution in [0.3, 0.4) is 0 Å². The number of carbonyl (C=O) groups is 1. The number of Topliss-reactive ketones (excluding diaryl/α,β-unsaturated/α-hetero) is 1. The first-order valence-corrected chi connectivity index (χ1v) is 4.97. The molecule has 14 heavy (non-hydrogen) atoms. The van der Waals surface area contributed by atoms with Gasteiger partial charge in [0.25, 0.3) is 0 Å². The number of fused-ring (bicyclic) bond motifs is 1. The quantitative estimate of drug-likeness (QED) is 0.716. The molecule has 2 nitrogen and oxygen atoms in total. The lowest BCUT2D eigenvalue weighted by Crippen LogP contribution is -2.06. The van der Waals surface area contributed by atoms with Gasteiger partial charge in [-0.1, -0.05) is 13.0 Å². The van der Waals surface area contributed by atoms with Gasteiger partial charge in [-0.3, -0.25) is 4.79 Å². The fraction of sp³-hybridized carbons (Fsp3) is 0.417. The second kappa shape index (κ2) is 3.45. The normalized spacial score (nSPS) is 19.6. The Hall–Kier alpha value is -1.31.